The van der Waals surface area contributed by atoms with Gasteiger partial charge in [-0.2, -0.15) is 0 Å². The van der Waals surface area contributed by atoms with Gasteiger partial charge >= 0.3 is 0 Å². The lowest BCUT2D eigenvalue weighted by Gasteiger charge is -2.29. The quantitative estimate of drug-likeness (QED) is 0.393. The third-order valence-corrected chi connectivity index (χ3v) is 6.01. The summed E-state index contributed by atoms with van der Waals surface area (Å²) in [5, 5.41) is 14.1. The van der Waals surface area contributed by atoms with Gasteiger partial charge in [0.15, 0.2) is 0 Å². The molecule has 0 bridgehead atoms. The number of nitrogens with zero attached hydrogens (tertiary/aromatic N) is 2. The van der Waals surface area contributed by atoms with Crippen LogP contribution in [0.1, 0.15) is 31.4 Å². The summed E-state index contributed by atoms with van der Waals surface area (Å²) in [6, 6.07) is 12.9. The lowest BCUT2D eigenvalue weighted by Crippen LogP contribution is -2.48. The lowest BCUT2D eigenvalue weighted by molar-refractivity contribution is -0.384. The summed E-state index contributed by atoms with van der Waals surface area (Å²) in [6.45, 7) is 4.46. The first-order valence-electron chi connectivity index (χ1n) is 9.95. The van der Waals surface area contributed by atoms with Crippen molar-refractivity contribution in [3.05, 3.63) is 74.8 Å². The molecule has 0 fully saturated rings. The van der Waals surface area contributed by atoms with E-state index in [9.17, 15) is 19.7 Å². The first-order chi connectivity index (χ1) is 14.8. The maximum Gasteiger partial charge on any atom is 0.269 e. The van der Waals surface area contributed by atoms with Crippen LogP contribution < -0.4 is 5.32 Å². The van der Waals surface area contributed by atoms with Gasteiger partial charge in [-0.15, -0.1) is 11.8 Å². The molecule has 0 aliphatic carbocycles. The third-order valence-electron chi connectivity index (χ3n) is 4.66. The number of halogens is 1. The SMILES string of the molecule is CCCNC(=O)[C@H](C)N(Cc1ccccc1Cl)C(=O)CSCc1ccc([N+](=O)[O-])cc1. The van der Waals surface area contributed by atoms with Crippen LogP contribution in [0.2, 0.25) is 5.02 Å². The molecule has 166 valence electrons. The van der Waals surface area contributed by atoms with Gasteiger partial charge in [0.1, 0.15) is 6.04 Å². The number of carbonyl (C=O) groups excluding carboxylic acids is 2. The normalized spacial score (nSPS) is 11.6. The van der Waals surface area contributed by atoms with Crippen molar-refractivity contribution in [1.29, 1.82) is 0 Å². The molecule has 0 aromatic heterocycles. The van der Waals surface area contributed by atoms with Gasteiger partial charge in [-0.05, 0) is 30.5 Å². The first-order valence-corrected chi connectivity index (χ1v) is 11.5. The van der Waals surface area contributed by atoms with Gasteiger partial charge in [0, 0.05) is 36.0 Å². The fraction of sp³-hybridized carbons (Fsp3) is 0.364. The standard InChI is InChI=1S/C22H26ClN3O4S/c1-3-12-24-22(28)16(2)25(13-18-6-4-5-7-20(18)23)21(27)15-31-14-17-8-10-19(11-9-17)26(29)30/h4-11,16H,3,12-15H2,1-2H3,(H,24,28)/t16-/m0/s1. The van der Waals surface area contributed by atoms with Crippen molar-refractivity contribution < 1.29 is 14.5 Å². The number of rotatable bonds is 11. The first kappa shape index (κ1) is 24.7. The Morgan fingerprint density at radius 1 is 1.19 bits per heavy atom. The van der Waals surface area contributed by atoms with E-state index in [-0.39, 0.29) is 29.8 Å². The van der Waals surface area contributed by atoms with Crippen molar-refractivity contribution in [3.8, 4) is 0 Å². The number of benzene rings is 2. The van der Waals surface area contributed by atoms with Gasteiger partial charge in [-0.25, -0.2) is 0 Å². The second-order valence-corrected chi connectivity index (χ2v) is 8.39. The molecule has 0 aliphatic rings. The van der Waals surface area contributed by atoms with E-state index in [0.29, 0.717) is 17.3 Å². The fourth-order valence-electron chi connectivity index (χ4n) is 2.84. The van der Waals surface area contributed by atoms with E-state index in [4.69, 9.17) is 11.6 Å². The zero-order valence-electron chi connectivity index (χ0n) is 17.5. The van der Waals surface area contributed by atoms with E-state index in [0.717, 1.165) is 17.5 Å². The smallest absolute Gasteiger partial charge is 0.269 e. The van der Waals surface area contributed by atoms with Crippen LogP contribution in [-0.2, 0) is 21.9 Å². The summed E-state index contributed by atoms with van der Waals surface area (Å²) in [5.41, 5.74) is 1.69. The van der Waals surface area contributed by atoms with Crippen LogP contribution in [0.3, 0.4) is 0 Å². The number of nitro benzene ring substituents is 1. The molecule has 1 N–H and O–H groups in total. The van der Waals surface area contributed by atoms with Crippen LogP contribution in [0.4, 0.5) is 5.69 Å². The molecule has 0 unspecified atom stereocenters. The maximum atomic E-state index is 13.0. The van der Waals surface area contributed by atoms with Gasteiger partial charge in [0.05, 0.1) is 10.7 Å². The number of non-ortho nitro benzene ring substituents is 1. The zero-order chi connectivity index (χ0) is 22.8. The number of hydrogen-bond donors (Lipinski definition) is 1. The topological polar surface area (TPSA) is 92.6 Å². The molecular formula is C22H26ClN3O4S. The average molecular weight is 464 g/mol. The number of amides is 2. The summed E-state index contributed by atoms with van der Waals surface area (Å²) >= 11 is 7.66. The van der Waals surface area contributed by atoms with Gasteiger partial charge < -0.3 is 10.2 Å². The molecule has 1 atom stereocenters. The predicted octanol–water partition coefficient (Wildman–Crippen LogP) is 4.42. The minimum atomic E-state index is -0.643. The molecule has 2 rings (SSSR count). The zero-order valence-corrected chi connectivity index (χ0v) is 19.1. The molecule has 7 nitrogen and oxygen atoms in total. The van der Waals surface area contributed by atoms with Gasteiger partial charge in [-0.1, -0.05) is 48.9 Å². The third kappa shape index (κ3) is 7.56. The van der Waals surface area contributed by atoms with E-state index < -0.39 is 11.0 Å². The predicted molar refractivity (Wildman–Crippen MR) is 124 cm³/mol. The highest BCUT2D eigenvalue weighted by Crippen LogP contribution is 2.21. The van der Waals surface area contributed by atoms with E-state index in [1.807, 2.05) is 25.1 Å². The Morgan fingerprint density at radius 2 is 1.87 bits per heavy atom. The fourth-order valence-corrected chi connectivity index (χ4v) is 3.91. The number of thioether (sulfide) groups is 1. The Bertz CT molecular complexity index is 908. The van der Waals surface area contributed by atoms with Crippen LogP contribution in [0, 0.1) is 10.1 Å². The Balaban J connectivity index is 2.05. The summed E-state index contributed by atoms with van der Waals surface area (Å²) in [4.78, 5) is 37.4. The highest BCUT2D eigenvalue weighted by atomic mass is 35.5. The molecule has 0 radical (unpaired) electrons. The van der Waals surface area contributed by atoms with Crippen molar-refractivity contribution in [3.63, 3.8) is 0 Å². The second kappa shape index (κ2) is 12.3. The van der Waals surface area contributed by atoms with Crippen molar-refractivity contribution in [2.75, 3.05) is 12.3 Å². The lowest BCUT2D eigenvalue weighted by atomic mass is 10.1. The molecule has 0 saturated heterocycles. The molecule has 0 aliphatic heterocycles. The maximum absolute atomic E-state index is 13.0. The molecular weight excluding hydrogens is 438 g/mol. The average Bonchev–Trinajstić information content (AvgIpc) is 2.76. The van der Waals surface area contributed by atoms with Gasteiger partial charge in [0.2, 0.25) is 11.8 Å². The van der Waals surface area contributed by atoms with Crippen LogP contribution in [0.15, 0.2) is 48.5 Å². The summed E-state index contributed by atoms with van der Waals surface area (Å²) in [6.07, 6.45) is 0.808. The van der Waals surface area contributed by atoms with E-state index >= 15 is 0 Å². The molecule has 0 heterocycles. The van der Waals surface area contributed by atoms with Gasteiger partial charge in [0.25, 0.3) is 5.69 Å². The molecule has 2 aromatic carbocycles. The largest absolute Gasteiger partial charge is 0.354 e. The van der Waals surface area contributed by atoms with Crippen molar-refractivity contribution in [2.45, 2.75) is 38.6 Å². The molecule has 2 aromatic rings. The molecule has 31 heavy (non-hydrogen) atoms. The van der Waals surface area contributed by atoms with Crippen LogP contribution >= 0.6 is 23.4 Å². The number of nitro groups is 1. The van der Waals surface area contributed by atoms with Crippen LogP contribution in [0.25, 0.3) is 0 Å². The van der Waals surface area contributed by atoms with Crippen LogP contribution in [-0.4, -0.2) is 40.0 Å². The van der Waals surface area contributed by atoms with E-state index in [1.165, 1.54) is 28.8 Å². The highest BCUT2D eigenvalue weighted by molar-refractivity contribution is 7.99. The van der Waals surface area contributed by atoms with Crippen molar-refractivity contribution in [2.24, 2.45) is 0 Å². The molecule has 0 saturated carbocycles. The molecule has 9 heteroatoms. The Hall–Kier alpha value is -2.58. The Labute approximate surface area is 191 Å². The van der Waals surface area contributed by atoms with Crippen LogP contribution in [0.5, 0.6) is 0 Å². The number of carbonyl (C=O) groups is 2. The van der Waals surface area contributed by atoms with E-state index in [1.54, 1.807) is 25.1 Å². The highest BCUT2D eigenvalue weighted by Gasteiger charge is 2.26. The number of hydrogen-bond acceptors (Lipinski definition) is 5. The minimum absolute atomic E-state index is 0.0302. The molecule has 2 amide bonds. The van der Waals surface area contributed by atoms with Crippen molar-refractivity contribution in [1.82, 2.24) is 10.2 Å². The molecule has 0 spiro atoms. The van der Waals surface area contributed by atoms with Gasteiger partial charge in [-0.3, -0.25) is 19.7 Å². The Kier molecular flexibility index (Phi) is 9.81. The summed E-state index contributed by atoms with van der Waals surface area (Å²) in [7, 11) is 0. The summed E-state index contributed by atoms with van der Waals surface area (Å²) in [5.74, 6) is 0.320. The van der Waals surface area contributed by atoms with Crippen molar-refractivity contribution >= 4 is 40.9 Å². The monoisotopic (exact) mass is 463 g/mol. The number of nitrogens with one attached hydrogen (secondary N) is 1. The van der Waals surface area contributed by atoms with E-state index in [2.05, 4.69) is 5.32 Å². The Morgan fingerprint density at radius 3 is 2.48 bits per heavy atom. The minimum Gasteiger partial charge on any atom is -0.354 e. The summed E-state index contributed by atoms with van der Waals surface area (Å²) < 4.78 is 0. The second-order valence-electron chi connectivity index (χ2n) is 7.00.